The molecule has 2 aromatic heterocycles. The first-order chi connectivity index (χ1) is 14.7. The average Bonchev–Trinajstić information content (AvgIpc) is 3.55. The van der Waals surface area contributed by atoms with E-state index in [4.69, 9.17) is 4.42 Å². The van der Waals surface area contributed by atoms with Gasteiger partial charge in [-0.05, 0) is 48.1 Å². The zero-order valence-electron chi connectivity index (χ0n) is 16.6. The number of hydrogen-bond donors (Lipinski definition) is 1. The zero-order valence-corrected chi connectivity index (χ0v) is 17.4. The van der Waals surface area contributed by atoms with E-state index < -0.39 is 5.92 Å². The SMILES string of the molecule is O=C(NCc1ccco1)[C@@H]1c2ccccc2C(=O)N(C2CCCC2)[C@H]1c1cccs1. The predicted octanol–water partition coefficient (Wildman–Crippen LogP) is 4.88. The standard InChI is InChI=1S/C24H24N2O3S/c27-23(25-15-17-9-5-13-29-17)21-18-10-3-4-11-19(18)24(28)26(16-7-1-2-8-16)22(21)20-12-6-14-30-20/h3-6,9-14,16,21-22H,1-2,7-8,15H2,(H,25,27)/t21-,22+/m1/s1. The summed E-state index contributed by atoms with van der Waals surface area (Å²) >= 11 is 1.61. The Bertz CT molecular complexity index is 1020. The highest BCUT2D eigenvalue weighted by Crippen LogP contribution is 2.47. The second kappa shape index (κ2) is 8.11. The Morgan fingerprint density at radius 2 is 1.93 bits per heavy atom. The van der Waals surface area contributed by atoms with Crippen LogP contribution in [0.25, 0.3) is 0 Å². The molecule has 5 rings (SSSR count). The quantitative estimate of drug-likeness (QED) is 0.640. The van der Waals surface area contributed by atoms with E-state index in [1.54, 1.807) is 17.6 Å². The monoisotopic (exact) mass is 420 g/mol. The number of hydrogen-bond acceptors (Lipinski definition) is 4. The minimum Gasteiger partial charge on any atom is -0.467 e. The normalized spacial score (nSPS) is 21.6. The van der Waals surface area contributed by atoms with E-state index in [1.165, 1.54) is 0 Å². The largest absolute Gasteiger partial charge is 0.467 e. The first kappa shape index (κ1) is 19.1. The summed E-state index contributed by atoms with van der Waals surface area (Å²) in [7, 11) is 0. The summed E-state index contributed by atoms with van der Waals surface area (Å²) in [5.74, 6) is 0.232. The topological polar surface area (TPSA) is 62.6 Å². The molecule has 2 aliphatic rings. The highest BCUT2D eigenvalue weighted by Gasteiger charge is 2.47. The summed E-state index contributed by atoms with van der Waals surface area (Å²) in [6, 6.07) is 15.2. The Hall–Kier alpha value is -2.86. The number of furan rings is 1. The molecule has 0 unspecified atom stereocenters. The van der Waals surface area contributed by atoms with Crippen LogP contribution in [-0.2, 0) is 11.3 Å². The van der Waals surface area contributed by atoms with E-state index >= 15 is 0 Å². The molecule has 1 aromatic carbocycles. The molecular formula is C24H24N2O3S. The lowest BCUT2D eigenvalue weighted by molar-refractivity contribution is -0.124. The molecule has 0 saturated heterocycles. The molecule has 5 nitrogen and oxygen atoms in total. The van der Waals surface area contributed by atoms with E-state index in [0.717, 1.165) is 36.1 Å². The van der Waals surface area contributed by atoms with Crippen LogP contribution in [0.15, 0.2) is 64.6 Å². The van der Waals surface area contributed by atoms with Gasteiger partial charge in [-0.1, -0.05) is 37.1 Å². The molecule has 154 valence electrons. The van der Waals surface area contributed by atoms with Crippen molar-refractivity contribution in [2.45, 2.75) is 50.2 Å². The molecule has 1 fully saturated rings. The third-order valence-corrected chi connectivity index (χ3v) is 7.17. The fourth-order valence-electron chi connectivity index (χ4n) is 4.88. The van der Waals surface area contributed by atoms with Crippen LogP contribution in [0.3, 0.4) is 0 Å². The maximum Gasteiger partial charge on any atom is 0.254 e. The Morgan fingerprint density at radius 1 is 1.10 bits per heavy atom. The van der Waals surface area contributed by atoms with Gasteiger partial charge in [0.15, 0.2) is 0 Å². The van der Waals surface area contributed by atoms with Crippen LogP contribution >= 0.6 is 11.3 Å². The Labute approximate surface area is 179 Å². The zero-order chi connectivity index (χ0) is 20.5. The van der Waals surface area contributed by atoms with Crippen LogP contribution in [-0.4, -0.2) is 22.8 Å². The second-order valence-electron chi connectivity index (χ2n) is 7.97. The summed E-state index contributed by atoms with van der Waals surface area (Å²) in [6.07, 6.45) is 5.85. The molecule has 30 heavy (non-hydrogen) atoms. The van der Waals surface area contributed by atoms with E-state index in [0.29, 0.717) is 17.9 Å². The highest BCUT2D eigenvalue weighted by molar-refractivity contribution is 7.10. The molecule has 3 heterocycles. The molecule has 0 radical (unpaired) electrons. The second-order valence-corrected chi connectivity index (χ2v) is 8.95. The number of carbonyl (C=O) groups excluding carboxylic acids is 2. The fourth-order valence-corrected chi connectivity index (χ4v) is 5.74. The van der Waals surface area contributed by atoms with Gasteiger partial charge in [-0.2, -0.15) is 0 Å². The van der Waals surface area contributed by atoms with Gasteiger partial charge in [0.1, 0.15) is 5.76 Å². The lowest BCUT2D eigenvalue weighted by Crippen LogP contribution is -2.50. The summed E-state index contributed by atoms with van der Waals surface area (Å²) in [5, 5.41) is 5.07. The first-order valence-electron chi connectivity index (χ1n) is 10.5. The number of nitrogens with one attached hydrogen (secondary N) is 1. The van der Waals surface area contributed by atoms with E-state index in [1.807, 2.05) is 58.8 Å². The van der Waals surface area contributed by atoms with Crippen molar-refractivity contribution >= 4 is 23.2 Å². The number of fused-ring (bicyclic) bond motifs is 1. The van der Waals surface area contributed by atoms with Crippen molar-refractivity contribution < 1.29 is 14.0 Å². The van der Waals surface area contributed by atoms with Crippen molar-refractivity contribution in [3.8, 4) is 0 Å². The molecule has 1 aliphatic heterocycles. The van der Waals surface area contributed by atoms with Gasteiger partial charge in [-0.15, -0.1) is 11.3 Å². The summed E-state index contributed by atoms with van der Waals surface area (Å²) in [6.45, 7) is 0.332. The third-order valence-electron chi connectivity index (χ3n) is 6.23. The van der Waals surface area contributed by atoms with Gasteiger partial charge in [0, 0.05) is 16.5 Å². The van der Waals surface area contributed by atoms with Crippen molar-refractivity contribution in [2.75, 3.05) is 0 Å². The summed E-state index contributed by atoms with van der Waals surface area (Å²) in [4.78, 5) is 30.2. The Morgan fingerprint density at radius 3 is 2.67 bits per heavy atom. The molecule has 3 aromatic rings. The molecule has 2 amide bonds. The van der Waals surface area contributed by atoms with Crippen LogP contribution in [0.2, 0.25) is 0 Å². The van der Waals surface area contributed by atoms with Crippen LogP contribution in [0.5, 0.6) is 0 Å². The van der Waals surface area contributed by atoms with Gasteiger partial charge in [0.25, 0.3) is 5.91 Å². The summed E-state index contributed by atoms with van der Waals surface area (Å²) in [5.41, 5.74) is 1.46. The Balaban J connectivity index is 1.57. The minimum atomic E-state index is -0.451. The molecule has 0 spiro atoms. The van der Waals surface area contributed by atoms with Crippen LogP contribution in [0, 0.1) is 0 Å². The highest BCUT2D eigenvalue weighted by atomic mass is 32.1. The van der Waals surface area contributed by atoms with Crippen LogP contribution in [0.4, 0.5) is 0 Å². The van der Waals surface area contributed by atoms with E-state index in [2.05, 4.69) is 5.32 Å². The molecule has 2 atom stereocenters. The fraction of sp³-hybridized carbons (Fsp3) is 0.333. The van der Waals surface area contributed by atoms with Crippen LogP contribution in [0.1, 0.15) is 64.2 Å². The number of thiophene rings is 1. The number of benzene rings is 1. The molecule has 1 N–H and O–H groups in total. The van der Waals surface area contributed by atoms with Gasteiger partial charge < -0.3 is 14.6 Å². The lowest BCUT2D eigenvalue weighted by atomic mass is 9.80. The van der Waals surface area contributed by atoms with Gasteiger partial charge in [-0.25, -0.2) is 0 Å². The van der Waals surface area contributed by atoms with Crippen molar-refractivity contribution in [3.05, 3.63) is 81.9 Å². The van der Waals surface area contributed by atoms with Gasteiger partial charge in [0.05, 0.1) is 24.8 Å². The first-order valence-corrected chi connectivity index (χ1v) is 11.4. The molecule has 1 saturated carbocycles. The van der Waals surface area contributed by atoms with Crippen LogP contribution < -0.4 is 5.32 Å². The number of carbonyl (C=O) groups is 2. The Kier molecular flexibility index (Phi) is 5.17. The average molecular weight is 421 g/mol. The maximum absolute atomic E-state index is 13.6. The van der Waals surface area contributed by atoms with Gasteiger partial charge >= 0.3 is 0 Å². The predicted molar refractivity (Wildman–Crippen MR) is 115 cm³/mol. The molecule has 6 heteroatoms. The molecular weight excluding hydrogens is 396 g/mol. The smallest absolute Gasteiger partial charge is 0.254 e. The van der Waals surface area contributed by atoms with Crippen molar-refractivity contribution in [2.24, 2.45) is 0 Å². The minimum absolute atomic E-state index is 0.0472. The van der Waals surface area contributed by atoms with Crippen molar-refractivity contribution in [3.63, 3.8) is 0 Å². The van der Waals surface area contributed by atoms with Gasteiger partial charge in [0.2, 0.25) is 5.91 Å². The van der Waals surface area contributed by atoms with Gasteiger partial charge in [-0.3, -0.25) is 9.59 Å². The van der Waals surface area contributed by atoms with Crippen molar-refractivity contribution in [1.29, 1.82) is 0 Å². The summed E-state index contributed by atoms with van der Waals surface area (Å²) < 4.78 is 5.38. The van der Waals surface area contributed by atoms with E-state index in [-0.39, 0.29) is 23.9 Å². The number of nitrogens with zero attached hydrogens (tertiary/aromatic N) is 1. The third kappa shape index (κ3) is 3.35. The number of amides is 2. The molecule has 0 bridgehead atoms. The maximum atomic E-state index is 13.6. The lowest BCUT2D eigenvalue weighted by Gasteiger charge is -2.44. The number of rotatable bonds is 5. The van der Waals surface area contributed by atoms with E-state index in [9.17, 15) is 9.59 Å². The van der Waals surface area contributed by atoms with Crippen molar-refractivity contribution in [1.82, 2.24) is 10.2 Å². The molecule has 1 aliphatic carbocycles.